The molecule has 7 unspecified atom stereocenters. The Bertz CT molecular complexity index is 1310. The number of aliphatic hydroxyl groups is 4. The van der Waals surface area contributed by atoms with Gasteiger partial charge in [0.15, 0.2) is 6.29 Å². The number of ether oxygens (including phenoxy) is 2. The molecule has 0 saturated carbocycles. The lowest BCUT2D eigenvalue weighted by molar-refractivity contribution is -0.298. The maximum atomic E-state index is 13.1. The summed E-state index contributed by atoms with van der Waals surface area (Å²) in [5.74, 6) is -0.225. The number of carbonyl (C=O) groups is 1. The minimum absolute atomic E-state index is 0.225. The Morgan fingerprint density at radius 2 is 0.901 bits per heavy atom. The molecule has 12 nitrogen and oxygen atoms in total. The molecule has 1 rings (SSSR count). The van der Waals surface area contributed by atoms with Crippen LogP contribution in [0.2, 0.25) is 0 Å². The van der Waals surface area contributed by atoms with Gasteiger partial charge in [0, 0.05) is 6.42 Å². The molecule has 0 spiro atoms. The Morgan fingerprint density at radius 1 is 0.549 bits per heavy atom. The molecule has 1 fully saturated rings. The number of hydrogen-bond acceptors (Lipinski definition) is 10. The summed E-state index contributed by atoms with van der Waals surface area (Å²) in [6.45, 7) is 3.49. The monoisotopic (exact) mass is 1030 g/mol. The van der Waals surface area contributed by atoms with E-state index < -0.39 is 59.9 Å². The molecule has 1 heterocycles. The first-order valence-electron chi connectivity index (χ1n) is 30.1. The lowest BCUT2D eigenvalue weighted by Gasteiger charge is -2.41. The molecule has 71 heavy (non-hydrogen) atoms. The van der Waals surface area contributed by atoms with E-state index in [1.807, 2.05) is 0 Å². The van der Waals surface area contributed by atoms with Crippen LogP contribution >= 0.6 is 0 Å². The third kappa shape index (κ3) is 40.8. The Hall–Kier alpha value is -1.16. The van der Waals surface area contributed by atoms with Gasteiger partial charge in [-0.15, -0.1) is 0 Å². The molecule has 6 N–H and O–H groups in total. The van der Waals surface area contributed by atoms with Crippen molar-refractivity contribution in [3.8, 4) is 0 Å². The van der Waals surface area contributed by atoms with Crippen molar-refractivity contribution in [2.75, 3.05) is 13.2 Å². The predicted octanol–water partition coefficient (Wildman–Crippen LogP) is 14.2. The number of aliphatic hydroxyl groups excluding tert-OH is 4. The van der Waals surface area contributed by atoms with Crippen LogP contribution in [0.5, 0.6) is 0 Å². The molecule has 0 aromatic heterocycles. The fraction of sp³-hybridized carbons (Fsp3) is 0.948. The van der Waals surface area contributed by atoms with Crippen LogP contribution < -0.4 is 5.32 Å². The second-order valence-corrected chi connectivity index (χ2v) is 22.3. The Labute approximate surface area is 436 Å². The van der Waals surface area contributed by atoms with Gasteiger partial charge in [-0.25, -0.2) is 4.18 Å². The number of unbranched alkanes of at least 4 members (excludes halogenated alkanes) is 39. The highest BCUT2D eigenvalue weighted by Crippen LogP contribution is 2.26. The topological polar surface area (TPSA) is 192 Å². The smallest absolute Gasteiger partial charge is 0.394 e. The number of hydrogen-bond donors (Lipinski definition) is 6. The molecule has 0 aromatic carbocycles. The van der Waals surface area contributed by atoms with Crippen LogP contribution in [0.15, 0.2) is 12.2 Å². The van der Waals surface area contributed by atoms with Gasteiger partial charge in [-0.1, -0.05) is 264 Å². The summed E-state index contributed by atoms with van der Waals surface area (Å²) in [6, 6.07) is -0.855. The lowest BCUT2D eigenvalue weighted by atomic mass is 9.99. The van der Waals surface area contributed by atoms with E-state index >= 15 is 0 Å². The van der Waals surface area contributed by atoms with Gasteiger partial charge < -0.3 is 35.2 Å². The van der Waals surface area contributed by atoms with E-state index in [4.69, 9.17) is 9.47 Å². The molecule has 0 aromatic rings. The zero-order valence-corrected chi connectivity index (χ0v) is 46.6. The summed E-state index contributed by atoms with van der Waals surface area (Å²) in [7, 11) is -5.08. The van der Waals surface area contributed by atoms with Crippen molar-refractivity contribution in [1.29, 1.82) is 0 Å². The van der Waals surface area contributed by atoms with Crippen molar-refractivity contribution in [3.05, 3.63) is 12.2 Å². The summed E-state index contributed by atoms with van der Waals surface area (Å²) in [5.41, 5.74) is 0. The minimum Gasteiger partial charge on any atom is -0.394 e. The first kappa shape index (κ1) is 67.9. The van der Waals surface area contributed by atoms with Gasteiger partial charge >= 0.3 is 10.4 Å². The zero-order valence-electron chi connectivity index (χ0n) is 45.8. The lowest BCUT2D eigenvalue weighted by Crippen LogP contribution is -2.61. The molecular formula is C58H113NO11S. The maximum absolute atomic E-state index is 13.1. The van der Waals surface area contributed by atoms with Crippen LogP contribution in [0.25, 0.3) is 0 Å². The number of allylic oxidation sites excluding steroid dienone is 2. The predicted molar refractivity (Wildman–Crippen MR) is 292 cm³/mol. The number of carbonyl (C=O) groups excluding carboxylic acids is 1. The first-order valence-corrected chi connectivity index (χ1v) is 31.4. The maximum Gasteiger partial charge on any atom is 0.397 e. The van der Waals surface area contributed by atoms with E-state index in [0.717, 1.165) is 51.4 Å². The summed E-state index contributed by atoms with van der Waals surface area (Å²) >= 11 is 0. The van der Waals surface area contributed by atoms with E-state index in [2.05, 4.69) is 35.5 Å². The van der Waals surface area contributed by atoms with E-state index in [9.17, 15) is 38.2 Å². The minimum atomic E-state index is -5.08. The molecule has 0 radical (unpaired) electrons. The Morgan fingerprint density at radius 3 is 1.27 bits per heavy atom. The van der Waals surface area contributed by atoms with Crippen molar-refractivity contribution in [3.63, 3.8) is 0 Å². The van der Waals surface area contributed by atoms with Crippen LogP contribution in [-0.4, -0.2) is 95.4 Å². The fourth-order valence-corrected chi connectivity index (χ4v) is 10.4. The van der Waals surface area contributed by atoms with Gasteiger partial charge in [0.05, 0.1) is 25.4 Å². The highest BCUT2D eigenvalue weighted by atomic mass is 32.3. The number of rotatable bonds is 53. The Balaban J connectivity index is 2.25. The van der Waals surface area contributed by atoms with Crippen LogP contribution in [0.1, 0.15) is 296 Å². The summed E-state index contributed by atoms with van der Waals surface area (Å²) < 4.78 is 47.9. The van der Waals surface area contributed by atoms with Crippen molar-refractivity contribution in [1.82, 2.24) is 5.32 Å². The summed E-state index contributed by atoms with van der Waals surface area (Å²) in [6.07, 6.45) is 49.5. The highest BCUT2D eigenvalue weighted by Gasteiger charge is 2.48. The third-order valence-electron chi connectivity index (χ3n) is 14.6. The fourth-order valence-electron chi connectivity index (χ4n) is 9.93. The average Bonchev–Trinajstić information content (AvgIpc) is 3.34. The average molecular weight is 1030 g/mol. The normalized spacial score (nSPS) is 19.5. The van der Waals surface area contributed by atoms with Crippen LogP contribution in [0.4, 0.5) is 0 Å². The van der Waals surface area contributed by atoms with Crippen molar-refractivity contribution < 1.29 is 51.8 Å². The Kier molecular flexibility index (Phi) is 46.3. The van der Waals surface area contributed by atoms with Gasteiger partial charge in [0.2, 0.25) is 5.91 Å². The van der Waals surface area contributed by atoms with E-state index in [1.54, 1.807) is 0 Å². The standard InChI is InChI=1S/C58H113NO11S/c1-3-5-7-9-11-13-15-17-19-20-21-22-23-24-25-26-27-28-29-30-31-32-33-34-36-38-40-42-44-46-48-54(62)59-51(50-68-58-56(64)57(70-71(65,66)67)55(63)53(49-60)69-58)52(61)47-45-43-41-39-37-35-18-16-14-12-10-8-6-4-2/h24-25,51-53,55-58,60-61,63-64H,3-23,26-50H2,1-2H3,(H,59,62)(H,65,66,67)/b25-24-. The molecule has 1 amide bonds. The summed E-state index contributed by atoms with van der Waals surface area (Å²) in [5, 5.41) is 45.1. The van der Waals surface area contributed by atoms with Gasteiger partial charge in [-0.3, -0.25) is 9.35 Å². The molecule has 1 saturated heterocycles. The molecule has 7 atom stereocenters. The van der Waals surface area contributed by atoms with E-state index in [-0.39, 0.29) is 12.5 Å². The quantitative estimate of drug-likeness (QED) is 0.0193. The van der Waals surface area contributed by atoms with Gasteiger partial charge in [0.25, 0.3) is 0 Å². The van der Waals surface area contributed by atoms with Crippen molar-refractivity contribution in [2.45, 2.75) is 339 Å². The molecule has 1 aliphatic rings. The summed E-state index contributed by atoms with van der Waals surface area (Å²) in [4.78, 5) is 13.1. The number of nitrogens with one attached hydrogen (secondary N) is 1. The highest BCUT2D eigenvalue weighted by molar-refractivity contribution is 7.80. The van der Waals surface area contributed by atoms with Crippen LogP contribution in [0, 0.1) is 0 Å². The SMILES string of the molecule is CCCCCCCCCCCCCC/C=C\CCCCCCCCCCCCCCCCC(=O)NC(COC1OC(CO)C(O)C(OS(=O)(=O)O)C1O)C(O)CCCCCCCCCCCCCCCC. The van der Waals surface area contributed by atoms with E-state index in [1.165, 1.54) is 218 Å². The van der Waals surface area contributed by atoms with Crippen LogP contribution in [0.3, 0.4) is 0 Å². The molecule has 422 valence electrons. The van der Waals surface area contributed by atoms with Gasteiger partial charge in [0.1, 0.15) is 24.4 Å². The second-order valence-electron chi connectivity index (χ2n) is 21.3. The van der Waals surface area contributed by atoms with E-state index in [0.29, 0.717) is 12.8 Å². The van der Waals surface area contributed by atoms with Crippen LogP contribution in [-0.2, 0) is 28.9 Å². The van der Waals surface area contributed by atoms with Crippen molar-refractivity contribution in [2.24, 2.45) is 0 Å². The first-order chi connectivity index (χ1) is 34.5. The van der Waals surface area contributed by atoms with Gasteiger partial charge in [-0.05, 0) is 38.5 Å². The van der Waals surface area contributed by atoms with Crippen molar-refractivity contribution >= 4 is 16.3 Å². The molecule has 13 heteroatoms. The molecule has 1 aliphatic heterocycles. The molecule has 0 bridgehead atoms. The van der Waals surface area contributed by atoms with Gasteiger partial charge in [-0.2, -0.15) is 8.42 Å². The second kappa shape index (κ2) is 48.5. The number of amides is 1. The molecule has 0 aliphatic carbocycles. The molecular weight excluding hydrogens is 919 g/mol. The zero-order chi connectivity index (χ0) is 51.9. The largest absolute Gasteiger partial charge is 0.397 e. The third-order valence-corrected chi connectivity index (χ3v) is 15.0.